The van der Waals surface area contributed by atoms with Crippen LogP contribution in [0.15, 0.2) is 10.9 Å². The van der Waals surface area contributed by atoms with Gasteiger partial charge in [0, 0.05) is 31.6 Å². The maximum absolute atomic E-state index is 12.6. The molecule has 3 rings (SSSR count). The first-order valence-electron chi connectivity index (χ1n) is 9.09. The highest BCUT2D eigenvalue weighted by Crippen LogP contribution is 2.34. The summed E-state index contributed by atoms with van der Waals surface area (Å²) in [7, 11) is 0. The van der Waals surface area contributed by atoms with Crippen LogP contribution in [0.3, 0.4) is 0 Å². The van der Waals surface area contributed by atoms with Gasteiger partial charge in [-0.3, -0.25) is 4.79 Å². The number of rotatable bonds is 4. The Morgan fingerprint density at radius 1 is 1.40 bits per heavy atom. The van der Waals surface area contributed by atoms with E-state index in [0.717, 1.165) is 31.4 Å². The van der Waals surface area contributed by atoms with Crippen LogP contribution in [0.5, 0.6) is 0 Å². The lowest BCUT2D eigenvalue weighted by Crippen LogP contribution is -2.51. The predicted molar refractivity (Wildman–Crippen MR) is 92.6 cm³/mol. The highest BCUT2D eigenvalue weighted by Gasteiger charge is 2.39. The number of carbonyl (C=O) groups is 1. The standard InChI is InChI=1S/C18H27N3O4/c1-12(2)9-14-10-15(21-17(23)20-14)16(22)19-13-3-6-25-18(11-13)4-7-24-8-5-18/h10,12-13H,3-9,11H2,1-2H3,(H,19,22)(H,20,21,23)/t13-/m0/s1. The second-order valence-electron chi connectivity index (χ2n) is 7.50. The molecular weight excluding hydrogens is 322 g/mol. The molecule has 1 aromatic rings. The molecule has 2 aliphatic heterocycles. The number of nitrogens with one attached hydrogen (secondary N) is 2. The van der Waals surface area contributed by atoms with Gasteiger partial charge in [0.2, 0.25) is 0 Å². The minimum Gasteiger partial charge on any atom is -0.381 e. The molecule has 25 heavy (non-hydrogen) atoms. The van der Waals surface area contributed by atoms with E-state index in [1.165, 1.54) is 0 Å². The number of aromatic nitrogens is 2. The number of carbonyl (C=O) groups excluding carboxylic acids is 1. The van der Waals surface area contributed by atoms with Gasteiger partial charge in [-0.05, 0) is 44.1 Å². The number of hydrogen-bond acceptors (Lipinski definition) is 5. The molecule has 7 nitrogen and oxygen atoms in total. The van der Waals surface area contributed by atoms with Crippen molar-refractivity contribution in [2.24, 2.45) is 5.92 Å². The lowest BCUT2D eigenvalue weighted by molar-refractivity contribution is -0.139. The van der Waals surface area contributed by atoms with Crippen LogP contribution in [-0.4, -0.2) is 47.3 Å². The molecule has 0 unspecified atom stereocenters. The van der Waals surface area contributed by atoms with Crippen molar-refractivity contribution in [1.29, 1.82) is 0 Å². The molecule has 1 amide bonds. The number of H-pyrrole nitrogens is 1. The van der Waals surface area contributed by atoms with Gasteiger partial charge in [-0.1, -0.05) is 13.8 Å². The van der Waals surface area contributed by atoms with Crippen LogP contribution in [0.1, 0.15) is 55.7 Å². The first-order valence-corrected chi connectivity index (χ1v) is 9.09. The lowest BCUT2D eigenvalue weighted by atomic mass is 9.84. The molecule has 2 fully saturated rings. The molecule has 1 aromatic heterocycles. The summed E-state index contributed by atoms with van der Waals surface area (Å²) in [5, 5.41) is 3.04. The number of ether oxygens (including phenoxy) is 2. The van der Waals surface area contributed by atoms with Gasteiger partial charge in [0.25, 0.3) is 5.91 Å². The van der Waals surface area contributed by atoms with Crippen molar-refractivity contribution >= 4 is 5.91 Å². The summed E-state index contributed by atoms with van der Waals surface area (Å²) in [6.45, 7) is 6.16. The van der Waals surface area contributed by atoms with Crippen LogP contribution in [-0.2, 0) is 15.9 Å². The first-order chi connectivity index (χ1) is 12.0. The normalized spacial score (nSPS) is 22.9. The van der Waals surface area contributed by atoms with E-state index in [1.807, 2.05) is 0 Å². The molecule has 3 heterocycles. The van der Waals surface area contributed by atoms with E-state index < -0.39 is 5.69 Å². The van der Waals surface area contributed by atoms with Crippen molar-refractivity contribution in [3.05, 3.63) is 27.9 Å². The van der Waals surface area contributed by atoms with Crippen molar-refractivity contribution < 1.29 is 14.3 Å². The quantitative estimate of drug-likeness (QED) is 0.858. The Hall–Kier alpha value is -1.73. The van der Waals surface area contributed by atoms with Crippen molar-refractivity contribution in [1.82, 2.24) is 15.3 Å². The van der Waals surface area contributed by atoms with Gasteiger partial charge in [-0.2, -0.15) is 4.98 Å². The second kappa shape index (κ2) is 7.66. The number of hydrogen-bond donors (Lipinski definition) is 2. The van der Waals surface area contributed by atoms with Crippen molar-refractivity contribution in [2.45, 2.75) is 57.6 Å². The Labute approximate surface area is 147 Å². The molecular formula is C18H27N3O4. The van der Waals surface area contributed by atoms with E-state index in [1.54, 1.807) is 6.07 Å². The lowest BCUT2D eigenvalue weighted by Gasteiger charge is -2.43. The Morgan fingerprint density at radius 3 is 2.88 bits per heavy atom. The summed E-state index contributed by atoms with van der Waals surface area (Å²) < 4.78 is 11.4. The summed E-state index contributed by atoms with van der Waals surface area (Å²) in [6, 6.07) is 1.72. The van der Waals surface area contributed by atoms with Crippen molar-refractivity contribution in [3.63, 3.8) is 0 Å². The number of amides is 1. The molecule has 0 aliphatic carbocycles. The van der Waals surface area contributed by atoms with Crippen LogP contribution in [0.2, 0.25) is 0 Å². The van der Waals surface area contributed by atoms with Gasteiger partial charge in [-0.25, -0.2) is 4.79 Å². The zero-order valence-corrected chi connectivity index (χ0v) is 15.0. The predicted octanol–water partition coefficient (Wildman–Crippen LogP) is 1.43. The molecule has 0 radical (unpaired) electrons. The molecule has 0 bridgehead atoms. The monoisotopic (exact) mass is 349 g/mol. The molecule has 138 valence electrons. The summed E-state index contributed by atoms with van der Waals surface area (Å²) in [5.74, 6) is 0.100. The van der Waals surface area contributed by atoms with E-state index in [2.05, 4.69) is 29.1 Å². The van der Waals surface area contributed by atoms with Crippen LogP contribution >= 0.6 is 0 Å². The van der Waals surface area contributed by atoms with Gasteiger partial charge in [0.15, 0.2) is 0 Å². The minimum atomic E-state index is -0.476. The average Bonchev–Trinajstić information content (AvgIpc) is 2.54. The zero-order chi connectivity index (χ0) is 17.9. The third-order valence-corrected chi connectivity index (χ3v) is 4.89. The SMILES string of the molecule is CC(C)Cc1cc(C(=O)N[C@H]2CCOC3(CCOCC3)C2)nc(=O)[nH]1. The first kappa shape index (κ1) is 18.1. The summed E-state index contributed by atoms with van der Waals surface area (Å²) >= 11 is 0. The Morgan fingerprint density at radius 2 is 2.16 bits per heavy atom. The fourth-order valence-corrected chi connectivity index (χ4v) is 3.68. The van der Waals surface area contributed by atoms with Gasteiger partial charge < -0.3 is 19.8 Å². The van der Waals surface area contributed by atoms with Crippen LogP contribution < -0.4 is 11.0 Å². The molecule has 0 saturated carbocycles. The highest BCUT2D eigenvalue weighted by molar-refractivity contribution is 5.92. The Kier molecular flexibility index (Phi) is 5.54. The zero-order valence-electron chi connectivity index (χ0n) is 15.0. The number of aromatic amines is 1. The van der Waals surface area contributed by atoms with Gasteiger partial charge in [0.1, 0.15) is 5.69 Å². The fourth-order valence-electron chi connectivity index (χ4n) is 3.68. The van der Waals surface area contributed by atoms with Crippen LogP contribution in [0.25, 0.3) is 0 Å². The smallest absolute Gasteiger partial charge is 0.345 e. The summed E-state index contributed by atoms with van der Waals surface area (Å²) in [4.78, 5) is 30.9. The fraction of sp³-hybridized carbons (Fsp3) is 0.722. The van der Waals surface area contributed by atoms with E-state index in [9.17, 15) is 9.59 Å². The summed E-state index contributed by atoms with van der Waals surface area (Å²) in [5.41, 5.74) is 0.273. The van der Waals surface area contributed by atoms with E-state index in [-0.39, 0.29) is 23.2 Å². The third kappa shape index (κ3) is 4.67. The molecule has 7 heteroatoms. The average molecular weight is 349 g/mol. The topological polar surface area (TPSA) is 93.3 Å². The van der Waals surface area contributed by atoms with E-state index >= 15 is 0 Å². The Bertz CT molecular complexity index is 659. The van der Waals surface area contributed by atoms with Crippen molar-refractivity contribution in [3.8, 4) is 0 Å². The molecule has 2 N–H and O–H groups in total. The molecule has 1 spiro atoms. The third-order valence-electron chi connectivity index (χ3n) is 4.89. The second-order valence-corrected chi connectivity index (χ2v) is 7.50. The summed E-state index contributed by atoms with van der Waals surface area (Å²) in [6.07, 6.45) is 3.99. The Balaban J connectivity index is 1.67. The van der Waals surface area contributed by atoms with Gasteiger partial charge in [-0.15, -0.1) is 0 Å². The maximum atomic E-state index is 12.6. The molecule has 0 aromatic carbocycles. The van der Waals surface area contributed by atoms with E-state index in [0.29, 0.717) is 32.2 Å². The van der Waals surface area contributed by atoms with Gasteiger partial charge >= 0.3 is 5.69 Å². The van der Waals surface area contributed by atoms with Crippen LogP contribution in [0, 0.1) is 5.92 Å². The van der Waals surface area contributed by atoms with Crippen molar-refractivity contribution in [2.75, 3.05) is 19.8 Å². The highest BCUT2D eigenvalue weighted by atomic mass is 16.5. The molecule has 2 saturated heterocycles. The van der Waals surface area contributed by atoms with Gasteiger partial charge in [0.05, 0.1) is 5.60 Å². The molecule has 1 atom stereocenters. The van der Waals surface area contributed by atoms with E-state index in [4.69, 9.17) is 9.47 Å². The molecule has 2 aliphatic rings. The minimum absolute atomic E-state index is 0.0361. The van der Waals surface area contributed by atoms with Crippen LogP contribution in [0.4, 0.5) is 0 Å². The number of nitrogens with zero attached hydrogens (tertiary/aromatic N) is 1. The largest absolute Gasteiger partial charge is 0.381 e. The maximum Gasteiger partial charge on any atom is 0.345 e.